The molecule has 5 rings (SSSR count). The number of aromatic nitrogens is 2. The molecule has 4 nitrogen and oxygen atoms in total. The average molecular weight is 477 g/mol. The summed E-state index contributed by atoms with van der Waals surface area (Å²) in [5.41, 5.74) is 6.50. The summed E-state index contributed by atoms with van der Waals surface area (Å²) in [7, 11) is 0. The second-order valence-electron chi connectivity index (χ2n) is 8.80. The van der Waals surface area contributed by atoms with Gasteiger partial charge in [0.15, 0.2) is 0 Å². The molecule has 3 heterocycles. The Kier molecular flexibility index (Phi) is 6.37. The summed E-state index contributed by atoms with van der Waals surface area (Å²) in [6.45, 7) is 11.4. The number of thiophene rings is 1. The van der Waals surface area contributed by atoms with E-state index in [1.54, 1.807) is 11.3 Å². The van der Waals surface area contributed by atoms with Gasteiger partial charge in [-0.25, -0.2) is 4.98 Å². The van der Waals surface area contributed by atoms with Gasteiger partial charge in [-0.05, 0) is 54.1 Å². The van der Waals surface area contributed by atoms with Crippen molar-refractivity contribution in [2.45, 2.75) is 33.7 Å². The molecular formula is C27H29ClN4S. The zero-order chi connectivity index (χ0) is 22.9. The lowest BCUT2D eigenvalue weighted by molar-refractivity contribution is 0.249. The zero-order valence-corrected chi connectivity index (χ0v) is 21.0. The Hall–Kier alpha value is -2.47. The Morgan fingerprint density at radius 2 is 1.70 bits per heavy atom. The van der Waals surface area contributed by atoms with Gasteiger partial charge in [0.25, 0.3) is 0 Å². The number of hydrogen-bond donors (Lipinski definition) is 0. The van der Waals surface area contributed by atoms with E-state index < -0.39 is 0 Å². The molecule has 170 valence electrons. The van der Waals surface area contributed by atoms with Crippen molar-refractivity contribution >= 4 is 39.0 Å². The Morgan fingerprint density at radius 1 is 0.939 bits per heavy atom. The number of hydrogen-bond acceptors (Lipinski definition) is 5. The van der Waals surface area contributed by atoms with Crippen LogP contribution in [0, 0.1) is 13.8 Å². The minimum absolute atomic E-state index is 0.333. The normalized spacial score (nSPS) is 14.8. The molecule has 0 unspecified atom stereocenters. The van der Waals surface area contributed by atoms with Crippen LogP contribution in [0.2, 0.25) is 5.28 Å². The first-order valence-corrected chi connectivity index (χ1v) is 12.8. The molecule has 0 bridgehead atoms. The molecule has 0 N–H and O–H groups in total. The second kappa shape index (κ2) is 9.41. The van der Waals surface area contributed by atoms with Gasteiger partial charge in [-0.1, -0.05) is 55.5 Å². The van der Waals surface area contributed by atoms with Gasteiger partial charge in [-0.2, -0.15) is 4.98 Å². The summed E-state index contributed by atoms with van der Waals surface area (Å²) in [6.07, 6.45) is 0.963. The van der Waals surface area contributed by atoms with Crippen LogP contribution in [0.3, 0.4) is 0 Å². The minimum Gasteiger partial charge on any atom is -0.353 e. The van der Waals surface area contributed by atoms with Crippen molar-refractivity contribution in [1.29, 1.82) is 0 Å². The smallest absolute Gasteiger partial charge is 0.225 e. The van der Waals surface area contributed by atoms with E-state index in [4.69, 9.17) is 16.6 Å². The fourth-order valence-corrected chi connectivity index (χ4v) is 5.98. The molecule has 2 aromatic carbocycles. The van der Waals surface area contributed by atoms with Crippen LogP contribution in [0.15, 0.2) is 48.5 Å². The van der Waals surface area contributed by atoms with Crippen LogP contribution in [-0.2, 0) is 13.0 Å². The lowest BCUT2D eigenvalue weighted by Gasteiger charge is -2.35. The highest BCUT2D eigenvalue weighted by atomic mass is 35.5. The van der Waals surface area contributed by atoms with Crippen molar-refractivity contribution in [2.75, 3.05) is 31.1 Å². The molecule has 0 saturated carbocycles. The van der Waals surface area contributed by atoms with Gasteiger partial charge in [0.2, 0.25) is 5.28 Å². The van der Waals surface area contributed by atoms with Crippen LogP contribution in [0.1, 0.15) is 28.5 Å². The summed E-state index contributed by atoms with van der Waals surface area (Å²) in [5.74, 6) is 0.980. The summed E-state index contributed by atoms with van der Waals surface area (Å²) in [4.78, 5) is 16.6. The topological polar surface area (TPSA) is 32.3 Å². The van der Waals surface area contributed by atoms with Crippen LogP contribution in [-0.4, -0.2) is 41.0 Å². The third-order valence-electron chi connectivity index (χ3n) is 6.62. The molecule has 1 fully saturated rings. The van der Waals surface area contributed by atoms with Gasteiger partial charge in [-0.3, -0.25) is 4.90 Å². The highest BCUT2D eigenvalue weighted by Gasteiger charge is 2.25. The summed E-state index contributed by atoms with van der Waals surface area (Å²) in [5, 5.41) is 1.49. The van der Waals surface area contributed by atoms with E-state index in [1.165, 1.54) is 32.7 Å². The van der Waals surface area contributed by atoms with Crippen molar-refractivity contribution < 1.29 is 0 Å². The van der Waals surface area contributed by atoms with E-state index in [9.17, 15) is 0 Å². The maximum absolute atomic E-state index is 6.42. The summed E-state index contributed by atoms with van der Waals surface area (Å²) in [6, 6.07) is 17.5. The predicted molar refractivity (Wildman–Crippen MR) is 141 cm³/mol. The van der Waals surface area contributed by atoms with Crippen molar-refractivity contribution in [2.24, 2.45) is 0 Å². The van der Waals surface area contributed by atoms with Gasteiger partial charge < -0.3 is 4.90 Å². The first-order chi connectivity index (χ1) is 16.0. The Labute approximate surface area is 204 Å². The largest absolute Gasteiger partial charge is 0.353 e. The quantitative estimate of drug-likeness (QED) is 0.307. The van der Waals surface area contributed by atoms with E-state index in [-0.39, 0.29) is 0 Å². The van der Waals surface area contributed by atoms with Crippen molar-refractivity contribution in [3.8, 4) is 11.1 Å². The van der Waals surface area contributed by atoms with E-state index in [0.717, 1.165) is 55.2 Å². The lowest BCUT2D eigenvalue weighted by Crippen LogP contribution is -2.46. The maximum Gasteiger partial charge on any atom is 0.225 e. The van der Waals surface area contributed by atoms with Crippen molar-refractivity contribution in [3.63, 3.8) is 0 Å². The van der Waals surface area contributed by atoms with Crippen LogP contribution in [0.25, 0.3) is 21.3 Å². The standard InChI is InChI=1S/C27H29ClN4S/c1-4-22-23(21-11-10-18(2)19(3)16-21)24-25(29-27(28)30-26(24)33-22)32-14-12-31(13-15-32)17-20-8-6-5-7-9-20/h5-11,16H,4,12-15,17H2,1-3H3. The van der Waals surface area contributed by atoms with Crippen molar-refractivity contribution in [1.82, 2.24) is 14.9 Å². The molecule has 1 aliphatic heterocycles. The predicted octanol–water partition coefficient (Wildman–Crippen LogP) is 6.51. The number of rotatable bonds is 5. The molecule has 0 spiro atoms. The maximum atomic E-state index is 6.42. The van der Waals surface area contributed by atoms with E-state index >= 15 is 0 Å². The minimum atomic E-state index is 0.333. The third-order valence-corrected chi connectivity index (χ3v) is 8.01. The molecule has 0 amide bonds. The summed E-state index contributed by atoms with van der Waals surface area (Å²) < 4.78 is 0. The van der Waals surface area contributed by atoms with Crippen LogP contribution < -0.4 is 4.90 Å². The average Bonchev–Trinajstić information content (AvgIpc) is 3.20. The number of nitrogens with zero attached hydrogens (tertiary/aromatic N) is 4. The molecule has 2 aromatic heterocycles. The SMILES string of the molecule is CCc1sc2nc(Cl)nc(N3CCN(Cc4ccccc4)CC3)c2c1-c1ccc(C)c(C)c1. The molecule has 1 saturated heterocycles. The fraction of sp³-hybridized carbons (Fsp3) is 0.333. The number of benzene rings is 2. The van der Waals surface area contributed by atoms with Crippen molar-refractivity contribution in [3.05, 3.63) is 75.4 Å². The molecular weight excluding hydrogens is 448 g/mol. The molecule has 1 aliphatic rings. The Balaban J connectivity index is 1.51. The van der Waals surface area contributed by atoms with Crippen LogP contribution in [0.5, 0.6) is 0 Å². The monoisotopic (exact) mass is 476 g/mol. The third kappa shape index (κ3) is 4.50. The van der Waals surface area contributed by atoms with Gasteiger partial charge in [-0.15, -0.1) is 11.3 Å². The van der Waals surface area contributed by atoms with Gasteiger partial charge >= 0.3 is 0 Å². The molecule has 4 aromatic rings. The molecule has 6 heteroatoms. The highest BCUT2D eigenvalue weighted by molar-refractivity contribution is 7.19. The molecule has 0 atom stereocenters. The summed E-state index contributed by atoms with van der Waals surface area (Å²) >= 11 is 8.17. The van der Waals surface area contributed by atoms with Gasteiger partial charge in [0, 0.05) is 43.2 Å². The molecule has 33 heavy (non-hydrogen) atoms. The van der Waals surface area contributed by atoms with Gasteiger partial charge in [0.1, 0.15) is 10.6 Å². The number of piperazine rings is 1. The first-order valence-electron chi connectivity index (χ1n) is 11.6. The molecule has 0 aliphatic carbocycles. The van der Waals surface area contributed by atoms with Crippen LogP contribution in [0.4, 0.5) is 5.82 Å². The van der Waals surface area contributed by atoms with E-state index in [2.05, 4.69) is 84.1 Å². The second-order valence-corrected chi connectivity index (χ2v) is 10.2. The Morgan fingerprint density at radius 3 is 2.39 bits per heavy atom. The zero-order valence-electron chi connectivity index (χ0n) is 19.4. The molecule has 0 radical (unpaired) electrons. The highest BCUT2D eigenvalue weighted by Crippen LogP contribution is 2.43. The lowest BCUT2D eigenvalue weighted by atomic mass is 9.98. The van der Waals surface area contributed by atoms with Crippen LogP contribution >= 0.6 is 22.9 Å². The number of anilines is 1. The first kappa shape index (κ1) is 22.3. The fourth-order valence-electron chi connectivity index (χ4n) is 4.64. The number of halogens is 1. The number of fused-ring (bicyclic) bond motifs is 1. The van der Waals surface area contributed by atoms with E-state index in [0.29, 0.717) is 5.28 Å². The van der Waals surface area contributed by atoms with E-state index in [1.807, 2.05) is 0 Å². The Bertz CT molecular complexity index is 1280. The number of aryl methyl sites for hydroxylation is 3. The van der Waals surface area contributed by atoms with Gasteiger partial charge in [0.05, 0.1) is 5.39 Å².